The summed E-state index contributed by atoms with van der Waals surface area (Å²) in [7, 11) is 0. The molecule has 2 aromatic rings. The molecule has 1 N–H and O–H groups in total. The standard InChI is InChI=1S/C14H15N3O/c1-3-5-14(18)15-9-8-12-10-17-11(2)6-4-7-13(17)16-12/h4,6-7,10H,8-9H2,1-2H3,(H,15,18). The number of nitrogens with zero attached hydrogens (tertiary/aromatic N) is 2. The first-order valence-corrected chi connectivity index (χ1v) is 5.85. The molecular formula is C14H15N3O. The Morgan fingerprint density at radius 1 is 1.50 bits per heavy atom. The van der Waals surface area contributed by atoms with Gasteiger partial charge in [0.15, 0.2) is 0 Å². The first-order valence-electron chi connectivity index (χ1n) is 5.85. The van der Waals surface area contributed by atoms with Crippen LogP contribution in [0, 0.1) is 18.8 Å². The maximum Gasteiger partial charge on any atom is 0.295 e. The molecule has 92 valence electrons. The Morgan fingerprint density at radius 3 is 3.06 bits per heavy atom. The van der Waals surface area contributed by atoms with Gasteiger partial charge in [0, 0.05) is 24.9 Å². The van der Waals surface area contributed by atoms with Crippen LogP contribution < -0.4 is 5.32 Å². The first-order chi connectivity index (χ1) is 8.70. The quantitative estimate of drug-likeness (QED) is 0.824. The molecule has 0 aromatic carbocycles. The zero-order chi connectivity index (χ0) is 13.0. The molecule has 0 saturated carbocycles. The van der Waals surface area contributed by atoms with Crippen molar-refractivity contribution in [1.29, 1.82) is 0 Å². The van der Waals surface area contributed by atoms with E-state index in [0.29, 0.717) is 13.0 Å². The van der Waals surface area contributed by atoms with E-state index < -0.39 is 0 Å². The Balaban J connectivity index is 2.02. The summed E-state index contributed by atoms with van der Waals surface area (Å²) in [4.78, 5) is 15.6. The molecule has 0 bridgehead atoms. The molecule has 2 rings (SSSR count). The molecule has 0 aliphatic rings. The van der Waals surface area contributed by atoms with Gasteiger partial charge in [-0.05, 0) is 31.9 Å². The van der Waals surface area contributed by atoms with Gasteiger partial charge in [-0.2, -0.15) is 0 Å². The maximum atomic E-state index is 11.1. The second-order valence-corrected chi connectivity index (χ2v) is 4.01. The lowest BCUT2D eigenvalue weighted by molar-refractivity contribution is -0.115. The smallest absolute Gasteiger partial charge is 0.295 e. The van der Waals surface area contributed by atoms with Crippen molar-refractivity contribution in [2.24, 2.45) is 0 Å². The van der Waals surface area contributed by atoms with Crippen LogP contribution in [-0.2, 0) is 11.2 Å². The molecule has 0 aliphatic carbocycles. The second-order valence-electron chi connectivity index (χ2n) is 4.01. The number of aromatic nitrogens is 2. The van der Waals surface area contributed by atoms with Crippen LogP contribution in [0.1, 0.15) is 18.3 Å². The van der Waals surface area contributed by atoms with Crippen molar-refractivity contribution < 1.29 is 4.79 Å². The molecule has 0 spiro atoms. The monoisotopic (exact) mass is 241 g/mol. The molecule has 0 unspecified atom stereocenters. The summed E-state index contributed by atoms with van der Waals surface area (Å²) in [5.74, 6) is 4.77. The lowest BCUT2D eigenvalue weighted by Crippen LogP contribution is -2.23. The van der Waals surface area contributed by atoms with Crippen molar-refractivity contribution in [3.8, 4) is 11.8 Å². The molecule has 0 radical (unpaired) electrons. The van der Waals surface area contributed by atoms with Crippen LogP contribution in [0.3, 0.4) is 0 Å². The highest BCUT2D eigenvalue weighted by atomic mass is 16.1. The minimum Gasteiger partial charge on any atom is -0.345 e. The molecule has 1 amide bonds. The van der Waals surface area contributed by atoms with Gasteiger partial charge in [0.25, 0.3) is 5.91 Å². The average Bonchev–Trinajstić information content (AvgIpc) is 2.74. The summed E-state index contributed by atoms with van der Waals surface area (Å²) >= 11 is 0. The van der Waals surface area contributed by atoms with Crippen LogP contribution >= 0.6 is 0 Å². The summed E-state index contributed by atoms with van der Waals surface area (Å²) in [5, 5.41) is 2.73. The van der Waals surface area contributed by atoms with E-state index in [1.807, 2.05) is 35.7 Å². The summed E-state index contributed by atoms with van der Waals surface area (Å²) in [6, 6.07) is 5.99. The third kappa shape index (κ3) is 2.69. The predicted molar refractivity (Wildman–Crippen MR) is 70.1 cm³/mol. The van der Waals surface area contributed by atoms with Crippen molar-refractivity contribution in [2.45, 2.75) is 20.3 Å². The number of rotatable bonds is 3. The highest BCUT2D eigenvalue weighted by Gasteiger charge is 2.03. The molecule has 4 heteroatoms. The molecule has 0 aliphatic heterocycles. The largest absolute Gasteiger partial charge is 0.345 e. The number of carbonyl (C=O) groups excluding carboxylic acids is 1. The van der Waals surface area contributed by atoms with Crippen molar-refractivity contribution in [3.05, 3.63) is 35.8 Å². The normalized spacial score (nSPS) is 9.89. The number of hydrogen-bond acceptors (Lipinski definition) is 2. The van der Waals surface area contributed by atoms with Gasteiger partial charge in [-0.15, -0.1) is 0 Å². The Labute approximate surface area is 106 Å². The lowest BCUT2D eigenvalue weighted by Gasteiger charge is -1.97. The van der Waals surface area contributed by atoms with Gasteiger partial charge < -0.3 is 9.72 Å². The molecular weight excluding hydrogens is 226 g/mol. The maximum absolute atomic E-state index is 11.1. The van der Waals surface area contributed by atoms with Gasteiger partial charge in [0.05, 0.1) is 5.69 Å². The fraction of sp³-hybridized carbons (Fsp3) is 0.286. The summed E-state index contributed by atoms with van der Waals surface area (Å²) in [6.07, 6.45) is 2.71. The summed E-state index contributed by atoms with van der Waals surface area (Å²) < 4.78 is 2.04. The first kappa shape index (κ1) is 12.2. The fourth-order valence-electron chi connectivity index (χ4n) is 1.78. The molecule has 0 atom stereocenters. The van der Waals surface area contributed by atoms with Crippen LogP contribution in [-0.4, -0.2) is 21.8 Å². The minimum absolute atomic E-state index is 0.238. The molecule has 0 saturated heterocycles. The molecule has 4 nitrogen and oxygen atoms in total. The number of amides is 1. The van der Waals surface area contributed by atoms with E-state index in [2.05, 4.69) is 22.1 Å². The highest BCUT2D eigenvalue weighted by Crippen LogP contribution is 2.08. The number of imidazole rings is 1. The van der Waals surface area contributed by atoms with Crippen molar-refractivity contribution >= 4 is 11.6 Å². The van der Waals surface area contributed by atoms with E-state index in [-0.39, 0.29) is 5.91 Å². The Bertz CT molecular complexity index is 631. The number of fused-ring (bicyclic) bond motifs is 1. The van der Waals surface area contributed by atoms with Crippen LogP contribution in [0.5, 0.6) is 0 Å². The van der Waals surface area contributed by atoms with Gasteiger partial charge in [-0.3, -0.25) is 4.79 Å². The van der Waals surface area contributed by atoms with Gasteiger partial charge in [-0.1, -0.05) is 12.0 Å². The lowest BCUT2D eigenvalue weighted by atomic mass is 10.3. The zero-order valence-electron chi connectivity index (χ0n) is 10.5. The van der Waals surface area contributed by atoms with E-state index >= 15 is 0 Å². The van der Waals surface area contributed by atoms with E-state index in [1.165, 1.54) is 0 Å². The van der Waals surface area contributed by atoms with E-state index in [9.17, 15) is 4.79 Å². The number of pyridine rings is 1. The van der Waals surface area contributed by atoms with Crippen LogP contribution in [0.4, 0.5) is 0 Å². The van der Waals surface area contributed by atoms with Crippen molar-refractivity contribution in [3.63, 3.8) is 0 Å². The van der Waals surface area contributed by atoms with Crippen LogP contribution in [0.15, 0.2) is 24.4 Å². The third-order valence-corrected chi connectivity index (χ3v) is 2.65. The zero-order valence-corrected chi connectivity index (χ0v) is 10.5. The summed E-state index contributed by atoms with van der Waals surface area (Å²) in [5.41, 5.74) is 3.05. The Hall–Kier alpha value is -2.28. The topological polar surface area (TPSA) is 46.4 Å². The van der Waals surface area contributed by atoms with Crippen molar-refractivity contribution in [1.82, 2.24) is 14.7 Å². The van der Waals surface area contributed by atoms with Crippen LogP contribution in [0.2, 0.25) is 0 Å². The number of hydrogen-bond donors (Lipinski definition) is 1. The summed E-state index contributed by atoms with van der Waals surface area (Å²) in [6.45, 7) is 4.23. The molecule has 18 heavy (non-hydrogen) atoms. The molecule has 0 fully saturated rings. The van der Waals surface area contributed by atoms with Gasteiger partial charge in [-0.25, -0.2) is 4.98 Å². The number of aryl methyl sites for hydroxylation is 1. The van der Waals surface area contributed by atoms with Gasteiger partial charge >= 0.3 is 0 Å². The van der Waals surface area contributed by atoms with E-state index in [0.717, 1.165) is 17.0 Å². The fourth-order valence-corrected chi connectivity index (χ4v) is 1.78. The van der Waals surface area contributed by atoms with E-state index in [4.69, 9.17) is 0 Å². The van der Waals surface area contributed by atoms with Gasteiger partial charge in [0.1, 0.15) is 5.65 Å². The second kappa shape index (κ2) is 5.37. The molecule has 2 aromatic heterocycles. The molecule has 2 heterocycles. The number of carbonyl (C=O) groups is 1. The third-order valence-electron chi connectivity index (χ3n) is 2.65. The van der Waals surface area contributed by atoms with Crippen LogP contribution in [0.25, 0.3) is 5.65 Å². The predicted octanol–water partition coefficient (Wildman–Crippen LogP) is 1.32. The minimum atomic E-state index is -0.238. The van der Waals surface area contributed by atoms with Crippen molar-refractivity contribution in [2.75, 3.05) is 6.54 Å². The highest BCUT2D eigenvalue weighted by molar-refractivity contribution is 5.93. The average molecular weight is 241 g/mol. The Kier molecular flexibility index (Phi) is 3.63. The SMILES string of the molecule is CC#CC(=O)NCCc1cn2c(C)cccc2n1. The van der Waals surface area contributed by atoms with E-state index in [1.54, 1.807) is 6.92 Å². The van der Waals surface area contributed by atoms with Gasteiger partial charge in [0.2, 0.25) is 0 Å². The Morgan fingerprint density at radius 2 is 2.33 bits per heavy atom. The number of nitrogens with one attached hydrogen (secondary N) is 1.